The van der Waals surface area contributed by atoms with E-state index in [1.807, 2.05) is 6.07 Å². The Kier molecular flexibility index (Phi) is 3.60. The van der Waals surface area contributed by atoms with E-state index in [4.69, 9.17) is 13.9 Å². The second kappa shape index (κ2) is 5.59. The Morgan fingerprint density at radius 1 is 1.00 bits per heavy atom. The first-order chi connectivity index (χ1) is 11.0. The predicted octanol–water partition coefficient (Wildman–Crippen LogP) is 2.43. The molecule has 0 unspecified atom stereocenters. The summed E-state index contributed by atoms with van der Waals surface area (Å²) < 4.78 is 34.4. The van der Waals surface area contributed by atoms with Crippen LogP contribution >= 0.6 is 0 Å². The molecule has 0 spiro atoms. The molecular weight excluding hydrogens is 318 g/mol. The van der Waals surface area contributed by atoms with E-state index in [1.165, 1.54) is 42.5 Å². The summed E-state index contributed by atoms with van der Waals surface area (Å²) in [6.45, 7) is 0. The van der Waals surface area contributed by atoms with Crippen LogP contribution in [0.25, 0.3) is 11.0 Å². The zero-order valence-corrected chi connectivity index (χ0v) is 12.4. The molecule has 0 aliphatic heterocycles. The minimum Gasteiger partial charge on any atom is -0.423 e. The van der Waals surface area contributed by atoms with Crippen LogP contribution in [0.2, 0.25) is 0 Å². The normalized spacial score (nSPS) is 11.1. The van der Waals surface area contributed by atoms with E-state index in [0.29, 0.717) is 10.9 Å². The molecule has 1 aromatic heterocycles. The standard InChI is InChI=1S/C16H9NO5S/c17-10-11-1-6-14(7-2-11)23(19,20)22-13-5-3-12-4-8-16(18)21-15(12)9-13/h1-9H. The summed E-state index contributed by atoms with van der Waals surface area (Å²) in [7, 11) is -4.05. The molecule has 0 saturated heterocycles. The van der Waals surface area contributed by atoms with Gasteiger partial charge in [-0.25, -0.2) is 4.79 Å². The topological polar surface area (TPSA) is 97.4 Å². The smallest absolute Gasteiger partial charge is 0.339 e. The van der Waals surface area contributed by atoms with Crippen molar-refractivity contribution in [1.82, 2.24) is 0 Å². The van der Waals surface area contributed by atoms with Gasteiger partial charge in [-0.3, -0.25) is 0 Å². The monoisotopic (exact) mass is 327 g/mol. The van der Waals surface area contributed by atoms with Gasteiger partial charge in [-0.1, -0.05) is 0 Å². The molecule has 3 aromatic rings. The van der Waals surface area contributed by atoms with Gasteiger partial charge in [0.05, 0.1) is 11.6 Å². The van der Waals surface area contributed by atoms with Gasteiger partial charge in [-0.05, 0) is 42.5 Å². The fraction of sp³-hybridized carbons (Fsp3) is 0. The largest absolute Gasteiger partial charge is 0.423 e. The molecule has 0 saturated carbocycles. The van der Waals surface area contributed by atoms with Crippen molar-refractivity contribution in [2.24, 2.45) is 0 Å². The lowest BCUT2D eigenvalue weighted by atomic mass is 10.2. The molecule has 0 atom stereocenters. The lowest BCUT2D eigenvalue weighted by Crippen LogP contribution is -2.09. The van der Waals surface area contributed by atoms with Crippen LogP contribution in [-0.2, 0) is 10.1 Å². The zero-order chi connectivity index (χ0) is 16.4. The van der Waals surface area contributed by atoms with Crippen molar-refractivity contribution in [3.63, 3.8) is 0 Å². The minimum absolute atomic E-state index is 0.0243. The van der Waals surface area contributed by atoms with E-state index in [1.54, 1.807) is 12.1 Å². The summed E-state index contributed by atoms with van der Waals surface area (Å²) in [5.41, 5.74) is 0.0334. The first kappa shape index (κ1) is 14.8. The fourth-order valence-corrected chi connectivity index (χ4v) is 2.89. The molecule has 0 aliphatic rings. The highest BCUT2D eigenvalue weighted by molar-refractivity contribution is 7.87. The minimum atomic E-state index is -4.05. The molecule has 0 amide bonds. The Hall–Kier alpha value is -3.11. The van der Waals surface area contributed by atoms with E-state index in [9.17, 15) is 13.2 Å². The van der Waals surface area contributed by atoms with E-state index < -0.39 is 15.7 Å². The molecule has 0 N–H and O–H groups in total. The number of nitrogens with zero attached hydrogens (tertiary/aromatic N) is 1. The third kappa shape index (κ3) is 3.07. The lowest BCUT2D eigenvalue weighted by molar-refractivity contribution is 0.485. The second-order valence-corrected chi connectivity index (χ2v) is 6.17. The summed E-state index contributed by atoms with van der Waals surface area (Å²) in [5.74, 6) is 0.0243. The van der Waals surface area contributed by atoms with Crippen LogP contribution in [0.1, 0.15) is 5.56 Å². The summed E-state index contributed by atoms with van der Waals surface area (Å²) in [6.07, 6.45) is 0. The first-order valence-corrected chi connectivity index (χ1v) is 7.87. The predicted molar refractivity (Wildman–Crippen MR) is 81.5 cm³/mol. The third-order valence-electron chi connectivity index (χ3n) is 3.07. The molecule has 3 rings (SSSR count). The van der Waals surface area contributed by atoms with Crippen LogP contribution in [0.3, 0.4) is 0 Å². The fourth-order valence-electron chi connectivity index (χ4n) is 1.96. The van der Waals surface area contributed by atoms with Crippen molar-refractivity contribution < 1.29 is 17.0 Å². The van der Waals surface area contributed by atoms with Crippen molar-refractivity contribution >= 4 is 21.1 Å². The van der Waals surface area contributed by atoms with Gasteiger partial charge in [-0.2, -0.15) is 13.7 Å². The van der Waals surface area contributed by atoms with Crippen molar-refractivity contribution in [1.29, 1.82) is 5.26 Å². The molecule has 0 fully saturated rings. The molecule has 23 heavy (non-hydrogen) atoms. The van der Waals surface area contributed by atoms with Gasteiger partial charge in [0.2, 0.25) is 0 Å². The number of benzene rings is 2. The van der Waals surface area contributed by atoms with Gasteiger partial charge in [0.1, 0.15) is 16.2 Å². The second-order valence-electron chi connectivity index (χ2n) is 4.63. The first-order valence-electron chi connectivity index (χ1n) is 6.46. The molecule has 7 heteroatoms. The van der Waals surface area contributed by atoms with Crippen molar-refractivity contribution in [2.45, 2.75) is 4.90 Å². The molecule has 2 aromatic carbocycles. The van der Waals surface area contributed by atoms with Crippen LogP contribution in [0.4, 0.5) is 0 Å². The number of hydrogen-bond donors (Lipinski definition) is 0. The maximum absolute atomic E-state index is 12.2. The summed E-state index contributed by atoms with van der Waals surface area (Å²) in [6, 6.07) is 14.5. The SMILES string of the molecule is N#Cc1ccc(S(=O)(=O)Oc2ccc3ccc(=O)oc3c2)cc1. The van der Waals surface area contributed by atoms with Gasteiger partial charge >= 0.3 is 15.7 Å². The van der Waals surface area contributed by atoms with Gasteiger partial charge in [0.15, 0.2) is 0 Å². The average Bonchev–Trinajstić information content (AvgIpc) is 2.54. The summed E-state index contributed by atoms with van der Waals surface area (Å²) in [5, 5.41) is 9.37. The summed E-state index contributed by atoms with van der Waals surface area (Å²) >= 11 is 0. The highest BCUT2D eigenvalue weighted by Gasteiger charge is 2.17. The van der Waals surface area contributed by atoms with Gasteiger partial charge in [-0.15, -0.1) is 0 Å². The molecule has 114 valence electrons. The Balaban J connectivity index is 1.96. The van der Waals surface area contributed by atoms with Crippen LogP contribution in [-0.4, -0.2) is 8.42 Å². The lowest BCUT2D eigenvalue weighted by Gasteiger charge is -2.07. The number of rotatable bonds is 3. The molecule has 6 nitrogen and oxygen atoms in total. The van der Waals surface area contributed by atoms with Gasteiger partial charge < -0.3 is 8.60 Å². The van der Waals surface area contributed by atoms with Crippen molar-refractivity contribution in [2.75, 3.05) is 0 Å². The van der Waals surface area contributed by atoms with E-state index in [0.717, 1.165) is 0 Å². The van der Waals surface area contributed by atoms with Crippen LogP contribution in [0.5, 0.6) is 5.75 Å². The quantitative estimate of drug-likeness (QED) is 0.541. The number of hydrogen-bond acceptors (Lipinski definition) is 6. The molecule has 0 bridgehead atoms. The third-order valence-corrected chi connectivity index (χ3v) is 4.33. The van der Waals surface area contributed by atoms with Crippen LogP contribution in [0.15, 0.2) is 68.7 Å². The Bertz CT molecular complexity index is 1080. The highest BCUT2D eigenvalue weighted by Crippen LogP contribution is 2.23. The van der Waals surface area contributed by atoms with Gasteiger partial charge in [0.25, 0.3) is 0 Å². The summed E-state index contributed by atoms with van der Waals surface area (Å²) in [4.78, 5) is 11.1. The van der Waals surface area contributed by atoms with E-state index in [-0.39, 0.29) is 16.2 Å². The molecule has 0 radical (unpaired) electrons. The average molecular weight is 327 g/mol. The number of fused-ring (bicyclic) bond motifs is 1. The van der Waals surface area contributed by atoms with Crippen molar-refractivity contribution in [3.8, 4) is 11.8 Å². The van der Waals surface area contributed by atoms with E-state index >= 15 is 0 Å². The van der Waals surface area contributed by atoms with Crippen molar-refractivity contribution in [3.05, 3.63) is 70.6 Å². The molecular formula is C16H9NO5S. The zero-order valence-electron chi connectivity index (χ0n) is 11.6. The highest BCUT2D eigenvalue weighted by atomic mass is 32.2. The molecule has 1 heterocycles. The Morgan fingerprint density at radius 3 is 2.39 bits per heavy atom. The maximum atomic E-state index is 12.2. The van der Waals surface area contributed by atoms with Crippen LogP contribution < -0.4 is 9.81 Å². The Labute approximate surface area is 131 Å². The van der Waals surface area contributed by atoms with Gasteiger partial charge in [0, 0.05) is 17.5 Å². The maximum Gasteiger partial charge on any atom is 0.339 e. The Morgan fingerprint density at radius 2 is 1.70 bits per heavy atom. The van der Waals surface area contributed by atoms with E-state index in [2.05, 4.69) is 0 Å². The number of nitriles is 1. The van der Waals surface area contributed by atoms with Crippen LogP contribution in [0, 0.1) is 11.3 Å². The molecule has 0 aliphatic carbocycles.